The lowest BCUT2D eigenvalue weighted by Crippen LogP contribution is -2.25. The maximum atomic E-state index is 13.0. The summed E-state index contributed by atoms with van der Waals surface area (Å²) in [5.41, 5.74) is 2.03. The van der Waals surface area contributed by atoms with Crippen molar-refractivity contribution in [2.24, 2.45) is 5.92 Å². The molecule has 0 aromatic heterocycles. The predicted molar refractivity (Wildman–Crippen MR) is 106 cm³/mol. The van der Waals surface area contributed by atoms with Crippen molar-refractivity contribution in [1.82, 2.24) is 0 Å². The normalized spacial score (nSPS) is 16.5. The zero-order chi connectivity index (χ0) is 18.2. The van der Waals surface area contributed by atoms with Crippen LogP contribution < -0.4 is 0 Å². The Morgan fingerprint density at radius 1 is 0.885 bits per heavy atom. The van der Waals surface area contributed by atoms with Gasteiger partial charge in [-0.3, -0.25) is 9.59 Å². The largest absolute Gasteiger partial charge is 0.299 e. The van der Waals surface area contributed by atoms with Gasteiger partial charge in [-0.1, -0.05) is 86.0 Å². The molecule has 1 unspecified atom stereocenters. The summed E-state index contributed by atoms with van der Waals surface area (Å²) in [7, 11) is 0. The molecule has 0 spiro atoms. The Balaban J connectivity index is 1.70. The minimum absolute atomic E-state index is 0.0145. The molecule has 0 amide bonds. The van der Waals surface area contributed by atoms with E-state index < -0.39 is 0 Å². The van der Waals surface area contributed by atoms with Gasteiger partial charge in [0.2, 0.25) is 0 Å². The average molecular weight is 346 g/mol. The van der Waals surface area contributed by atoms with Crippen molar-refractivity contribution >= 4 is 17.6 Å². The summed E-state index contributed by atoms with van der Waals surface area (Å²) in [6, 6.07) is 19.7. The lowest BCUT2D eigenvalue weighted by molar-refractivity contribution is -0.126. The van der Waals surface area contributed by atoms with Crippen LogP contribution in [-0.2, 0) is 9.59 Å². The van der Waals surface area contributed by atoms with E-state index in [9.17, 15) is 9.59 Å². The van der Waals surface area contributed by atoms with Crippen LogP contribution in [0.4, 0.5) is 0 Å². The quantitative estimate of drug-likeness (QED) is 0.483. The summed E-state index contributed by atoms with van der Waals surface area (Å²) < 4.78 is 0. The van der Waals surface area contributed by atoms with E-state index in [-0.39, 0.29) is 23.9 Å². The first-order valence-corrected chi connectivity index (χ1v) is 9.57. The van der Waals surface area contributed by atoms with Crippen molar-refractivity contribution in [1.29, 1.82) is 0 Å². The molecule has 1 aliphatic carbocycles. The summed E-state index contributed by atoms with van der Waals surface area (Å²) in [5.74, 6) is 0.163. The predicted octanol–water partition coefficient (Wildman–Crippen LogP) is 5.59. The fourth-order valence-corrected chi connectivity index (χ4v) is 3.94. The smallest absolute Gasteiger partial charge is 0.163 e. The zero-order valence-corrected chi connectivity index (χ0v) is 15.1. The molecule has 3 rings (SSSR count). The zero-order valence-electron chi connectivity index (χ0n) is 15.1. The van der Waals surface area contributed by atoms with Crippen molar-refractivity contribution < 1.29 is 9.59 Å². The molecule has 2 aromatic rings. The fraction of sp³-hybridized carbons (Fsp3) is 0.333. The first-order valence-electron chi connectivity index (χ1n) is 9.57. The van der Waals surface area contributed by atoms with Gasteiger partial charge in [0, 0.05) is 5.92 Å². The summed E-state index contributed by atoms with van der Waals surface area (Å²) in [6.07, 6.45) is 9.10. The molecule has 26 heavy (non-hydrogen) atoms. The molecule has 0 N–H and O–H groups in total. The van der Waals surface area contributed by atoms with E-state index in [1.165, 1.54) is 25.3 Å². The van der Waals surface area contributed by atoms with Crippen LogP contribution >= 0.6 is 0 Å². The van der Waals surface area contributed by atoms with Gasteiger partial charge in [-0.2, -0.15) is 0 Å². The first kappa shape index (κ1) is 18.3. The molecule has 0 saturated heterocycles. The molecule has 0 heterocycles. The average Bonchev–Trinajstić information content (AvgIpc) is 2.69. The van der Waals surface area contributed by atoms with Gasteiger partial charge in [-0.25, -0.2) is 0 Å². The number of allylic oxidation sites excluding steroid dienone is 1. The second kappa shape index (κ2) is 9.28. The lowest BCUT2D eigenvalue weighted by Gasteiger charge is -2.29. The summed E-state index contributed by atoms with van der Waals surface area (Å²) in [4.78, 5) is 25.3. The van der Waals surface area contributed by atoms with Gasteiger partial charge in [-0.05, 0) is 36.0 Å². The van der Waals surface area contributed by atoms with E-state index in [1.54, 1.807) is 6.08 Å². The lowest BCUT2D eigenvalue weighted by atomic mass is 9.74. The van der Waals surface area contributed by atoms with E-state index in [4.69, 9.17) is 0 Å². The Morgan fingerprint density at radius 3 is 2.15 bits per heavy atom. The third-order valence-corrected chi connectivity index (χ3v) is 5.24. The van der Waals surface area contributed by atoms with Crippen molar-refractivity contribution in [3.8, 4) is 0 Å². The van der Waals surface area contributed by atoms with E-state index >= 15 is 0 Å². The van der Waals surface area contributed by atoms with Crippen molar-refractivity contribution in [2.45, 2.75) is 44.4 Å². The monoisotopic (exact) mass is 346 g/mol. The molecule has 2 aromatic carbocycles. The maximum absolute atomic E-state index is 13.0. The minimum Gasteiger partial charge on any atom is -0.299 e. The van der Waals surface area contributed by atoms with Gasteiger partial charge < -0.3 is 0 Å². The highest BCUT2D eigenvalue weighted by Gasteiger charge is 2.31. The molecule has 1 saturated carbocycles. The Labute approximate surface area is 155 Å². The van der Waals surface area contributed by atoms with Crippen LogP contribution in [0.2, 0.25) is 0 Å². The molecule has 2 heteroatoms. The summed E-state index contributed by atoms with van der Waals surface area (Å²) in [5, 5.41) is 0. The molecule has 0 bridgehead atoms. The van der Waals surface area contributed by atoms with E-state index in [2.05, 4.69) is 0 Å². The highest BCUT2D eigenvalue weighted by atomic mass is 16.1. The van der Waals surface area contributed by atoms with Gasteiger partial charge >= 0.3 is 0 Å². The molecular formula is C24H26O2. The molecule has 134 valence electrons. The van der Waals surface area contributed by atoms with Gasteiger partial charge in [0.15, 0.2) is 5.78 Å². The third kappa shape index (κ3) is 5.01. The van der Waals surface area contributed by atoms with Crippen LogP contribution in [0.25, 0.3) is 6.08 Å². The van der Waals surface area contributed by atoms with Crippen LogP contribution in [-0.4, -0.2) is 11.6 Å². The highest BCUT2D eigenvalue weighted by molar-refractivity contribution is 6.08. The van der Waals surface area contributed by atoms with Gasteiger partial charge in [0.1, 0.15) is 5.78 Å². The number of ketones is 2. The van der Waals surface area contributed by atoms with Crippen LogP contribution in [0, 0.1) is 5.92 Å². The second-order valence-corrected chi connectivity index (χ2v) is 7.14. The number of benzene rings is 2. The van der Waals surface area contributed by atoms with E-state index in [1.807, 2.05) is 60.7 Å². The number of hydrogen-bond acceptors (Lipinski definition) is 2. The van der Waals surface area contributed by atoms with E-state index in [0.717, 1.165) is 24.0 Å². The van der Waals surface area contributed by atoms with Crippen LogP contribution in [0.3, 0.4) is 0 Å². The standard InChI is InChI=1S/C24H26O2/c25-22(17-16-19-10-4-1-5-11-19)18-23(26)24(20-12-6-2-7-13-20)21-14-8-3-9-15-21/h1-2,4-7,10-13,16-17,21,24H,3,8-9,14-15,18H2/b17-16+. The van der Waals surface area contributed by atoms with Gasteiger partial charge in [0.05, 0.1) is 6.42 Å². The molecule has 0 aliphatic heterocycles. The Morgan fingerprint density at radius 2 is 1.50 bits per heavy atom. The molecule has 2 nitrogen and oxygen atoms in total. The molecule has 1 fully saturated rings. The Kier molecular flexibility index (Phi) is 6.54. The summed E-state index contributed by atoms with van der Waals surface area (Å²) in [6.45, 7) is 0. The van der Waals surface area contributed by atoms with Crippen molar-refractivity contribution in [3.05, 3.63) is 77.9 Å². The minimum atomic E-state index is -0.148. The molecular weight excluding hydrogens is 320 g/mol. The topological polar surface area (TPSA) is 34.1 Å². The van der Waals surface area contributed by atoms with Gasteiger partial charge in [0.25, 0.3) is 0 Å². The highest BCUT2D eigenvalue weighted by Crippen LogP contribution is 2.37. The fourth-order valence-electron chi connectivity index (χ4n) is 3.94. The molecule has 1 atom stereocenters. The van der Waals surface area contributed by atoms with Crippen LogP contribution in [0.5, 0.6) is 0 Å². The van der Waals surface area contributed by atoms with Crippen LogP contribution in [0.15, 0.2) is 66.7 Å². The Bertz CT molecular complexity index is 740. The number of Topliss-reactive ketones (excluding diaryl/α,β-unsaturated/α-hetero) is 1. The summed E-state index contributed by atoms with van der Waals surface area (Å²) >= 11 is 0. The van der Waals surface area contributed by atoms with Gasteiger partial charge in [-0.15, -0.1) is 0 Å². The first-order chi connectivity index (χ1) is 12.7. The Hall–Kier alpha value is -2.48. The number of hydrogen-bond donors (Lipinski definition) is 0. The third-order valence-electron chi connectivity index (χ3n) is 5.24. The number of carbonyl (C=O) groups excluding carboxylic acids is 2. The number of carbonyl (C=O) groups is 2. The van der Waals surface area contributed by atoms with Crippen molar-refractivity contribution in [2.75, 3.05) is 0 Å². The van der Waals surface area contributed by atoms with Crippen molar-refractivity contribution in [3.63, 3.8) is 0 Å². The molecule has 0 radical (unpaired) electrons. The second-order valence-electron chi connectivity index (χ2n) is 7.14. The van der Waals surface area contributed by atoms with E-state index in [0.29, 0.717) is 5.92 Å². The molecule has 1 aliphatic rings. The SMILES string of the molecule is O=C(/C=C/c1ccccc1)CC(=O)C(c1ccccc1)C1CCCCC1. The maximum Gasteiger partial charge on any atom is 0.163 e. The van der Waals surface area contributed by atoms with Crippen LogP contribution in [0.1, 0.15) is 55.6 Å². The number of rotatable bonds is 7.